The molecule has 0 saturated carbocycles. The maximum absolute atomic E-state index is 13.7. The number of hydrogen-bond acceptors (Lipinski definition) is 3. The Labute approximate surface area is 141 Å². The van der Waals surface area contributed by atoms with E-state index in [9.17, 15) is 18.0 Å². The second kappa shape index (κ2) is 6.76. The van der Waals surface area contributed by atoms with Crippen molar-refractivity contribution >= 4 is 11.6 Å². The summed E-state index contributed by atoms with van der Waals surface area (Å²) < 4.78 is 41.5. The standard InChI is InChI=1S/C17H13F3N4O/c1-2-13-16(22-23-24(13)10-6-4-3-5-7-10)17(25)21-12-9-8-11(18)14(19)15(12)20/h3-9H,2H2,1H3,(H,21,25). The summed E-state index contributed by atoms with van der Waals surface area (Å²) in [4.78, 5) is 12.4. The largest absolute Gasteiger partial charge is 0.318 e. The number of anilines is 1. The Balaban J connectivity index is 1.94. The number of aromatic nitrogens is 3. The van der Waals surface area contributed by atoms with Gasteiger partial charge in [0.05, 0.1) is 17.1 Å². The zero-order valence-electron chi connectivity index (χ0n) is 13.1. The molecular formula is C17H13F3N4O. The van der Waals surface area contributed by atoms with Crippen molar-refractivity contribution in [3.63, 3.8) is 0 Å². The minimum Gasteiger partial charge on any atom is -0.318 e. The van der Waals surface area contributed by atoms with Gasteiger partial charge >= 0.3 is 0 Å². The van der Waals surface area contributed by atoms with E-state index in [1.807, 2.05) is 25.1 Å². The smallest absolute Gasteiger partial charge is 0.278 e. The number of amides is 1. The molecule has 0 spiro atoms. The quantitative estimate of drug-likeness (QED) is 0.736. The van der Waals surface area contributed by atoms with Crippen molar-refractivity contribution in [2.45, 2.75) is 13.3 Å². The lowest BCUT2D eigenvalue weighted by atomic mass is 10.2. The number of nitrogens with zero attached hydrogens (tertiary/aromatic N) is 3. The zero-order valence-corrected chi connectivity index (χ0v) is 13.1. The van der Waals surface area contributed by atoms with Gasteiger partial charge in [0.15, 0.2) is 23.1 Å². The third-order valence-electron chi connectivity index (χ3n) is 3.60. The maximum Gasteiger partial charge on any atom is 0.278 e. The number of para-hydroxylation sites is 1. The van der Waals surface area contributed by atoms with Gasteiger partial charge in [-0.1, -0.05) is 30.3 Å². The SMILES string of the molecule is CCc1c(C(=O)Nc2ccc(F)c(F)c2F)nnn1-c1ccccc1. The van der Waals surface area contributed by atoms with E-state index in [0.717, 1.165) is 12.1 Å². The van der Waals surface area contributed by atoms with Crippen molar-refractivity contribution in [1.29, 1.82) is 0 Å². The second-order valence-electron chi connectivity index (χ2n) is 5.16. The number of carbonyl (C=O) groups excluding carboxylic acids is 1. The first-order chi connectivity index (χ1) is 12.0. The van der Waals surface area contributed by atoms with Gasteiger partial charge in [0.25, 0.3) is 5.91 Å². The molecule has 0 aliphatic carbocycles. The van der Waals surface area contributed by atoms with Gasteiger partial charge in [-0.25, -0.2) is 17.9 Å². The van der Waals surface area contributed by atoms with Crippen LogP contribution < -0.4 is 5.32 Å². The first-order valence-electron chi connectivity index (χ1n) is 7.47. The minimum atomic E-state index is -1.65. The summed E-state index contributed by atoms with van der Waals surface area (Å²) in [7, 11) is 0. The van der Waals surface area contributed by atoms with Crippen molar-refractivity contribution in [2.24, 2.45) is 0 Å². The summed E-state index contributed by atoms with van der Waals surface area (Å²) >= 11 is 0. The Hall–Kier alpha value is -3.16. The fraction of sp³-hybridized carbons (Fsp3) is 0.118. The van der Waals surface area contributed by atoms with Gasteiger partial charge in [-0.3, -0.25) is 4.79 Å². The number of benzene rings is 2. The summed E-state index contributed by atoms with van der Waals surface area (Å²) in [5, 5.41) is 9.99. The fourth-order valence-electron chi connectivity index (χ4n) is 2.38. The molecule has 5 nitrogen and oxygen atoms in total. The van der Waals surface area contributed by atoms with E-state index >= 15 is 0 Å². The lowest BCUT2D eigenvalue weighted by Crippen LogP contribution is -2.16. The molecule has 0 unspecified atom stereocenters. The Bertz CT molecular complexity index is 925. The molecule has 0 aliphatic heterocycles. The van der Waals surface area contributed by atoms with Crippen LogP contribution in [-0.4, -0.2) is 20.9 Å². The molecule has 0 saturated heterocycles. The molecule has 0 radical (unpaired) electrons. The molecule has 1 aromatic heterocycles. The van der Waals surface area contributed by atoms with E-state index in [0.29, 0.717) is 17.8 Å². The highest BCUT2D eigenvalue weighted by Crippen LogP contribution is 2.21. The number of rotatable bonds is 4. The lowest BCUT2D eigenvalue weighted by molar-refractivity contribution is 0.102. The molecular weight excluding hydrogens is 333 g/mol. The Morgan fingerprint density at radius 3 is 2.48 bits per heavy atom. The van der Waals surface area contributed by atoms with Crippen molar-refractivity contribution in [1.82, 2.24) is 15.0 Å². The van der Waals surface area contributed by atoms with Crippen LogP contribution >= 0.6 is 0 Å². The van der Waals surface area contributed by atoms with Gasteiger partial charge in [-0.05, 0) is 30.7 Å². The predicted octanol–water partition coefficient (Wildman–Crippen LogP) is 3.50. The van der Waals surface area contributed by atoms with Crippen LogP contribution in [0.4, 0.5) is 18.9 Å². The highest BCUT2D eigenvalue weighted by molar-refractivity contribution is 6.03. The second-order valence-corrected chi connectivity index (χ2v) is 5.16. The monoisotopic (exact) mass is 346 g/mol. The van der Waals surface area contributed by atoms with E-state index in [-0.39, 0.29) is 5.69 Å². The molecule has 0 fully saturated rings. The van der Waals surface area contributed by atoms with Crippen molar-refractivity contribution in [3.05, 3.63) is 71.3 Å². The molecule has 1 N–H and O–H groups in total. The summed E-state index contributed by atoms with van der Waals surface area (Å²) in [6.07, 6.45) is 0.435. The van der Waals surface area contributed by atoms with E-state index in [1.165, 1.54) is 4.68 Å². The first kappa shape index (κ1) is 16.7. The summed E-state index contributed by atoms with van der Waals surface area (Å²) in [5.41, 5.74) is 0.729. The highest BCUT2D eigenvalue weighted by Gasteiger charge is 2.22. The van der Waals surface area contributed by atoms with Gasteiger partial charge in [0.2, 0.25) is 0 Å². The lowest BCUT2D eigenvalue weighted by Gasteiger charge is -2.08. The molecule has 0 aliphatic rings. The van der Waals surface area contributed by atoms with Crippen LogP contribution in [0.1, 0.15) is 23.1 Å². The molecule has 1 heterocycles. The third kappa shape index (κ3) is 3.10. The van der Waals surface area contributed by atoms with Crippen LogP contribution in [0.2, 0.25) is 0 Å². The van der Waals surface area contributed by atoms with Crippen LogP contribution in [0.5, 0.6) is 0 Å². The Morgan fingerprint density at radius 1 is 1.08 bits per heavy atom. The molecule has 1 amide bonds. The summed E-state index contributed by atoms with van der Waals surface area (Å²) in [6, 6.07) is 10.7. The van der Waals surface area contributed by atoms with Crippen LogP contribution in [0, 0.1) is 17.5 Å². The molecule has 25 heavy (non-hydrogen) atoms. The fourth-order valence-corrected chi connectivity index (χ4v) is 2.38. The molecule has 3 rings (SSSR count). The van der Waals surface area contributed by atoms with Crippen LogP contribution in [-0.2, 0) is 6.42 Å². The van der Waals surface area contributed by atoms with Crippen molar-refractivity contribution in [2.75, 3.05) is 5.32 Å². The number of hydrogen-bond donors (Lipinski definition) is 1. The van der Waals surface area contributed by atoms with Crippen molar-refractivity contribution in [3.8, 4) is 5.69 Å². The van der Waals surface area contributed by atoms with Gasteiger partial charge in [0, 0.05) is 0 Å². The maximum atomic E-state index is 13.7. The van der Waals surface area contributed by atoms with Crippen molar-refractivity contribution < 1.29 is 18.0 Å². The van der Waals surface area contributed by atoms with E-state index in [4.69, 9.17) is 0 Å². The Morgan fingerprint density at radius 2 is 1.80 bits per heavy atom. The predicted molar refractivity (Wildman–Crippen MR) is 85.0 cm³/mol. The van der Waals surface area contributed by atoms with E-state index in [2.05, 4.69) is 15.6 Å². The number of nitrogens with one attached hydrogen (secondary N) is 1. The topological polar surface area (TPSA) is 59.8 Å². The van der Waals surface area contributed by atoms with E-state index < -0.39 is 29.0 Å². The third-order valence-corrected chi connectivity index (χ3v) is 3.60. The van der Waals surface area contributed by atoms with Crippen LogP contribution in [0.3, 0.4) is 0 Å². The molecule has 3 aromatic rings. The summed E-state index contributed by atoms with van der Waals surface area (Å²) in [6.45, 7) is 1.81. The first-order valence-corrected chi connectivity index (χ1v) is 7.47. The minimum absolute atomic E-state index is 0.0181. The molecule has 8 heteroatoms. The number of halogens is 3. The number of carbonyl (C=O) groups is 1. The molecule has 2 aromatic carbocycles. The average Bonchev–Trinajstić information content (AvgIpc) is 3.07. The zero-order chi connectivity index (χ0) is 18.0. The molecule has 128 valence electrons. The van der Waals surface area contributed by atoms with Crippen LogP contribution in [0.15, 0.2) is 42.5 Å². The van der Waals surface area contributed by atoms with Gasteiger partial charge in [-0.15, -0.1) is 5.10 Å². The normalized spacial score (nSPS) is 10.7. The molecule has 0 bridgehead atoms. The van der Waals surface area contributed by atoms with Gasteiger partial charge in [-0.2, -0.15) is 0 Å². The average molecular weight is 346 g/mol. The highest BCUT2D eigenvalue weighted by atomic mass is 19.2. The van der Waals surface area contributed by atoms with Gasteiger partial charge in [0.1, 0.15) is 0 Å². The van der Waals surface area contributed by atoms with Crippen LogP contribution in [0.25, 0.3) is 5.69 Å². The van der Waals surface area contributed by atoms with Gasteiger partial charge < -0.3 is 5.32 Å². The molecule has 0 atom stereocenters. The summed E-state index contributed by atoms with van der Waals surface area (Å²) in [5.74, 6) is -5.22. The van der Waals surface area contributed by atoms with E-state index in [1.54, 1.807) is 12.1 Å². The Kier molecular flexibility index (Phi) is 4.51.